The van der Waals surface area contributed by atoms with Crippen LogP contribution in [0.15, 0.2) is 36.4 Å². The van der Waals surface area contributed by atoms with Crippen molar-refractivity contribution < 1.29 is 24.6 Å². The molecule has 9 heteroatoms. The molecule has 9 nitrogen and oxygen atoms in total. The van der Waals surface area contributed by atoms with Crippen molar-refractivity contribution >= 4 is 5.91 Å². The summed E-state index contributed by atoms with van der Waals surface area (Å²) in [6.45, 7) is 10.2. The maximum Gasteiger partial charge on any atom is 0.240 e. The average Bonchev–Trinajstić information content (AvgIpc) is 3.35. The Morgan fingerprint density at radius 2 is 1.76 bits per heavy atom. The molecule has 0 spiro atoms. The second-order valence-electron chi connectivity index (χ2n) is 15.2. The maximum absolute atomic E-state index is 14.1. The highest BCUT2D eigenvalue weighted by Gasteiger charge is 2.57. The molecule has 0 aromatic heterocycles. The van der Waals surface area contributed by atoms with Crippen molar-refractivity contribution in [2.24, 2.45) is 29.1 Å². The van der Waals surface area contributed by atoms with E-state index in [1.807, 2.05) is 12.1 Å². The van der Waals surface area contributed by atoms with Crippen LogP contribution >= 0.6 is 0 Å². The van der Waals surface area contributed by atoms with Crippen molar-refractivity contribution in [3.05, 3.63) is 53.1 Å². The van der Waals surface area contributed by atoms with Gasteiger partial charge < -0.3 is 30.1 Å². The lowest BCUT2D eigenvalue weighted by atomic mass is 9.45. The fraction of sp³-hybridized carbons (Fsp3) is 0.649. The first kappa shape index (κ1) is 34.8. The Bertz CT molecular complexity index is 1350. The highest BCUT2D eigenvalue weighted by atomic mass is 16.7. The molecule has 254 valence electrons. The molecule has 6 rings (SSSR count). The first-order valence-electron chi connectivity index (χ1n) is 16.9. The smallest absolute Gasteiger partial charge is 0.240 e. The van der Waals surface area contributed by atoms with Crippen molar-refractivity contribution in [1.29, 1.82) is 0 Å². The van der Waals surface area contributed by atoms with Crippen LogP contribution in [0.5, 0.6) is 5.75 Å². The van der Waals surface area contributed by atoms with Gasteiger partial charge in [0, 0.05) is 36.2 Å². The van der Waals surface area contributed by atoms with Crippen molar-refractivity contribution in [2.75, 3.05) is 41.9 Å². The molecule has 0 radical (unpaired) electrons. The summed E-state index contributed by atoms with van der Waals surface area (Å²) in [6.07, 6.45) is 0.646. The van der Waals surface area contributed by atoms with Crippen LogP contribution in [-0.2, 0) is 29.3 Å². The zero-order chi connectivity index (χ0) is 33.5. The molecule has 3 aliphatic carbocycles. The maximum atomic E-state index is 14.1. The van der Waals surface area contributed by atoms with Crippen molar-refractivity contribution in [3.63, 3.8) is 0 Å². The van der Waals surface area contributed by atoms with Crippen LogP contribution in [0.25, 0.3) is 11.1 Å². The molecule has 1 heterocycles. The van der Waals surface area contributed by atoms with Crippen molar-refractivity contribution in [2.45, 2.75) is 84.5 Å². The summed E-state index contributed by atoms with van der Waals surface area (Å²) in [5, 5.41) is 26.2. The quantitative estimate of drug-likeness (QED) is 0.320. The van der Waals surface area contributed by atoms with E-state index in [4.69, 9.17) is 9.57 Å². The molecule has 2 bridgehead atoms. The van der Waals surface area contributed by atoms with Crippen molar-refractivity contribution in [1.82, 2.24) is 20.2 Å². The standard InChI is InChI=1S/C37H56N4O5/c1-22-30-16-28(37(30,3)4)17-31(22)38-36(44)34-33(23(2)43)32(21-42)46-41(34)20-26-11-10-12-29(35(26)45-9)27-14-24(18-39(5)6)13-25(15-27)19-40(7)8/h10-15,22-23,28,30-34,42-43H,16-21H2,1-9H3,(H,38,44)/t22-,23-,28?,30+,31-,32-,33-,34-/m0/s1. The van der Waals surface area contributed by atoms with Crippen molar-refractivity contribution in [3.8, 4) is 16.9 Å². The minimum atomic E-state index is -0.850. The number of nitrogens with zero attached hydrogens (tertiary/aromatic N) is 3. The molecule has 1 unspecified atom stereocenters. The Morgan fingerprint density at radius 3 is 2.28 bits per heavy atom. The van der Waals surface area contributed by atoms with E-state index in [1.54, 1.807) is 19.1 Å². The summed E-state index contributed by atoms with van der Waals surface area (Å²) in [5.41, 5.74) is 5.64. The van der Waals surface area contributed by atoms with Gasteiger partial charge in [-0.05, 0) is 99.9 Å². The minimum absolute atomic E-state index is 0.0811. The number of rotatable bonds is 12. The molecule has 3 N–H and O–H groups in total. The number of hydrogen-bond donors (Lipinski definition) is 3. The van der Waals surface area contributed by atoms with E-state index >= 15 is 0 Å². The van der Waals surface area contributed by atoms with E-state index in [0.717, 1.165) is 36.2 Å². The molecular weight excluding hydrogens is 580 g/mol. The third kappa shape index (κ3) is 6.86. The predicted octanol–water partition coefficient (Wildman–Crippen LogP) is 4.15. The third-order valence-electron chi connectivity index (χ3n) is 11.1. The third-order valence-corrected chi connectivity index (χ3v) is 11.1. The number of aliphatic hydroxyl groups excluding tert-OH is 2. The largest absolute Gasteiger partial charge is 0.496 e. The average molecular weight is 637 g/mol. The summed E-state index contributed by atoms with van der Waals surface area (Å²) >= 11 is 0. The van der Waals surface area contributed by atoms with Gasteiger partial charge in [-0.1, -0.05) is 45.0 Å². The number of hydroxylamine groups is 2. The van der Waals surface area contributed by atoms with Crippen LogP contribution in [0.2, 0.25) is 0 Å². The molecule has 4 aliphatic rings. The summed E-state index contributed by atoms with van der Waals surface area (Å²) in [6, 6.07) is 12.1. The Hall–Kier alpha value is -2.53. The number of ether oxygens (including phenoxy) is 1. The Balaban J connectivity index is 1.45. The van der Waals surface area contributed by atoms with E-state index in [9.17, 15) is 15.0 Å². The molecule has 1 amide bonds. The fourth-order valence-corrected chi connectivity index (χ4v) is 8.66. The summed E-state index contributed by atoms with van der Waals surface area (Å²) in [7, 11) is 9.96. The summed E-state index contributed by atoms with van der Waals surface area (Å²) < 4.78 is 6.08. The van der Waals surface area contributed by atoms with Crippen LogP contribution in [-0.4, -0.2) is 97.2 Å². The Labute approximate surface area is 275 Å². The number of methoxy groups -OCH3 is 1. The molecule has 2 aromatic rings. The van der Waals surface area contributed by atoms with Crippen LogP contribution in [0.3, 0.4) is 0 Å². The van der Waals surface area contributed by atoms with Gasteiger partial charge in [-0.25, -0.2) is 0 Å². The zero-order valence-electron chi connectivity index (χ0n) is 29.3. The van der Waals surface area contributed by atoms with Crippen LogP contribution in [0.1, 0.15) is 57.2 Å². The summed E-state index contributed by atoms with van der Waals surface area (Å²) in [4.78, 5) is 24.7. The Kier molecular flexibility index (Phi) is 10.5. The lowest BCUT2D eigenvalue weighted by Crippen LogP contribution is -2.62. The lowest BCUT2D eigenvalue weighted by Gasteiger charge is -2.62. The SMILES string of the molecule is COc1c(CN2O[C@@H](CO)[C@H]([C@H](C)O)[C@H]2C(=O)N[C@H]2CC3C[C@H]([C@@H]2C)C3(C)C)cccc1-c1cc(CN(C)C)cc(CN(C)C)c1. The second kappa shape index (κ2) is 13.9. The van der Waals surface area contributed by atoms with E-state index in [-0.39, 0.29) is 25.1 Å². The molecule has 1 saturated heterocycles. The van der Waals surface area contributed by atoms with Gasteiger partial charge in [-0.15, -0.1) is 0 Å². The number of carbonyl (C=O) groups is 1. The van der Waals surface area contributed by atoms with Gasteiger partial charge in [0.2, 0.25) is 5.91 Å². The normalized spacial score (nSPS) is 29.5. The number of benzene rings is 2. The number of amides is 1. The fourth-order valence-electron chi connectivity index (χ4n) is 8.66. The molecule has 46 heavy (non-hydrogen) atoms. The molecule has 1 aliphatic heterocycles. The van der Waals surface area contributed by atoms with Crippen LogP contribution < -0.4 is 10.1 Å². The number of aliphatic hydroxyl groups is 2. The number of nitrogens with one attached hydrogen (secondary N) is 1. The minimum Gasteiger partial charge on any atom is -0.496 e. The number of para-hydroxylation sites is 1. The van der Waals surface area contributed by atoms with Gasteiger partial charge in [-0.3, -0.25) is 9.63 Å². The van der Waals surface area contributed by atoms with Gasteiger partial charge in [0.15, 0.2) is 0 Å². The summed E-state index contributed by atoms with van der Waals surface area (Å²) in [5.74, 6) is 1.54. The van der Waals surface area contributed by atoms with E-state index < -0.39 is 24.2 Å². The molecule has 3 saturated carbocycles. The van der Waals surface area contributed by atoms with Gasteiger partial charge in [-0.2, -0.15) is 5.06 Å². The van der Waals surface area contributed by atoms with Gasteiger partial charge in [0.25, 0.3) is 0 Å². The van der Waals surface area contributed by atoms with E-state index in [1.165, 1.54) is 17.5 Å². The first-order chi connectivity index (χ1) is 21.7. The lowest BCUT2D eigenvalue weighted by molar-refractivity contribution is -0.183. The molecule has 2 aromatic carbocycles. The van der Waals surface area contributed by atoms with E-state index in [2.05, 4.69) is 88.3 Å². The second-order valence-corrected chi connectivity index (χ2v) is 15.2. The van der Waals surface area contributed by atoms with Crippen LogP contribution in [0, 0.1) is 29.1 Å². The Morgan fingerprint density at radius 1 is 1.11 bits per heavy atom. The zero-order valence-corrected chi connectivity index (χ0v) is 29.3. The monoisotopic (exact) mass is 636 g/mol. The topological polar surface area (TPSA) is 97.7 Å². The molecular formula is C37H56N4O5. The van der Waals surface area contributed by atoms with Gasteiger partial charge >= 0.3 is 0 Å². The number of fused-ring (bicyclic) bond motifs is 2. The first-order valence-corrected chi connectivity index (χ1v) is 16.9. The van der Waals surface area contributed by atoms with Crippen LogP contribution in [0.4, 0.5) is 0 Å². The van der Waals surface area contributed by atoms with Gasteiger partial charge in [0.1, 0.15) is 17.9 Å². The highest BCUT2D eigenvalue weighted by Crippen LogP contribution is 2.61. The number of carbonyl (C=O) groups excluding carboxylic acids is 1. The number of hydrogen-bond acceptors (Lipinski definition) is 8. The van der Waals surface area contributed by atoms with E-state index in [0.29, 0.717) is 28.9 Å². The molecule has 4 fully saturated rings. The van der Waals surface area contributed by atoms with Gasteiger partial charge in [0.05, 0.1) is 26.4 Å². The molecule has 8 atom stereocenters. The highest BCUT2D eigenvalue weighted by molar-refractivity contribution is 5.83. The predicted molar refractivity (Wildman–Crippen MR) is 181 cm³/mol.